The van der Waals surface area contributed by atoms with Crippen LogP contribution in [0.4, 0.5) is 5.88 Å². The highest BCUT2D eigenvalue weighted by molar-refractivity contribution is 5.93. The number of nitrogens with two attached hydrogens (primary N) is 1. The average Bonchev–Trinajstić information content (AvgIpc) is 2.85. The number of hydrogen-bond acceptors (Lipinski definition) is 4. The van der Waals surface area contributed by atoms with Gasteiger partial charge in [-0.25, -0.2) is 0 Å². The molecule has 0 unspecified atom stereocenters. The molecule has 1 aliphatic carbocycles. The molecule has 1 heterocycles. The maximum atomic E-state index is 12.4. The molecular formula is C14H22N2O3. The molecule has 1 amide bonds. The van der Waals surface area contributed by atoms with Gasteiger partial charge in [-0.2, -0.15) is 0 Å². The standard InChI is InChI=1S/C14H22N2O3/c1-10-3-4-12(19-10)16(2)13(18)11-5-7-14(15,9-17)8-6-11/h3-4,11,17H,5-9,15H2,1-2H3. The second-order valence-electron chi connectivity index (χ2n) is 5.58. The summed E-state index contributed by atoms with van der Waals surface area (Å²) < 4.78 is 5.46. The minimum Gasteiger partial charge on any atom is -0.445 e. The summed E-state index contributed by atoms with van der Waals surface area (Å²) in [5, 5.41) is 9.23. The van der Waals surface area contributed by atoms with Crippen LogP contribution in [-0.4, -0.2) is 30.2 Å². The maximum absolute atomic E-state index is 12.4. The van der Waals surface area contributed by atoms with E-state index in [0.29, 0.717) is 18.7 Å². The van der Waals surface area contributed by atoms with Gasteiger partial charge in [-0.3, -0.25) is 9.69 Å². The SMILES string of the molecule is Cc1ccc(N(C)C(=O)C2CCC(N)(CO)CC2)o1. The van der Waals surface area contributed by atoms with Crippen LogP contribution in [0.5, 0.6) is 0 Å². The molecule has 3 N–H and O–H groups in total. The summed E-state index contributed by atoms with van der Waals surface area (Å²) >= 11 is 0. The first-order valence-electron chi connectivity index (χ1n) is 6.69. The van der Waals surface area contributed by atoms with E-state index in [1.54, 1.807) is 18.0 Å². The van der Waals surface area contributed by atoms with Gasteiger partial charge in [0.15, 0.2) is 0 Å². The number of hydrogen-bond donors (Lipinski definition) is 2. The number of furan rings is 1. The summed E-state index contributed by atoms with van der Waals surface area (Å²) in [6.07, 6.45) is 2.82. The minimum atomic E-state index is -0.503. The van der Waals surface area contributed by atoms with E-state index < -0.39 is 5.54 Å². The number of rotatable bonds is 3. The maximum Gasteiger partial charge on any atom is 0.232 e. The summed E-state index contributed by atoms with van der Waals surface area (Å²) in [4.78, 5) is 13.9. The zero-order valence-electron chi connectivity index (χ0n) is 11.6. The Balaban J connectivity index is 1.98. The number of aliphatic hydroxyl groups is 1. The number of carbonyl (C=O) groups excluding carboxylic acids is 1. The molecule has 5 heteroatoms. The van der Waals surface area contributed by atoms with Crippen LogP contribution in [0.1, 0.15) is 31.4 Å². The third-order valence-electron chi connectivity index (χ3n) is 4.03. The fourth-order valence-corrected chi connectivity index (χ4v) is 2.58. The average molecular weight is 266 g/mol. The lowest BCUT2D eigenvalue weighted by molar-refractivity contribution is -0.123. The van der Waals surface area contributed by atoms with Gasteiger partial charge in [0.1, 0.15) is 5.76 Å². The molecule has 1 saturated carbocycles. The van der Waals surface area contributed by atoms with Crippen molar-refractivity contribution in [1.82, 2.24) is 0 Å². The quantitative estimate of drug-likeness (QED) is 0.867. The Morgan fingerprint density at radius 1 is 1.53 bits per heavy atom. The van der Waals surface area contributed by atoms with Gasteiger partial charge < -0.3 is 15.3 Å². The van der Waals surface area contributed by atoms with E-state index in [1.807, 2.05) is 13.0 Å². The van der Waals surface area contributed by atoms with Gasteiger partial charge in [-0.15, -0.1) is 0 Å². The van der Waals surface area contributed by atoms with Crippen molar-refractivity contribution in [3.63, 3.8) is 0 Å². The number of carbonyl (C=O) groups is 1. The first kappa shape index (κ1) is 14.1. The molecular weight excluding hydrogens is 244 g/mol. The normalized spacial score (nSPS) is 27.3. The fourth-order valence-electron chi connectivity index (χ4n) is 2.58. The van der Waals surface area contributed by atoms with Crippen molar-refractivity contribution in [1.29, 1.82) is 0 Å². The van der Waals surface area contributed by atoms with Gasteiger partial charge in [0.2, 0.25) is 11.8 Å². The lowest BCUT2D eigenvalue weighted by atomic mass is 9.77. The van der Waals surface area contributed by atoms with E-state index >= 15 is 0 Å². The van der Waals surface area contributed by atoms with E-state index in [9.17, 15) is 9.90 Å². The van der Waals surface area contributed by atoms with Gasteiger partial charge in [0.05, 0.1) is 6.61 Å². The molecule has 5 nitrogen and oxygen atoms in total. The molecule has 0 radical (unpaired) electrons. The van der Waals surface area contributed by atoms with Crippen molar-refractivity contribution in [2.24, 2.45) is 11.7 Å². The van der Waals surface area contributed by atoms with E-state index in [0.717, 1.165) is 18.6 Å². The van der Waals surface area contributed by atoms with Gasteiger partial charge in [0, 0.05) is 24.6 Å². The molecule has 1 aromatic heterocycles. The second kappa shape index (κ2) is 5.35. The van der Waals surface area contributed by atoms with Crippen LogP contribution in [0.25, 0.3) is 0 Å². The fraction of sp³-hybridized carbons (Fsp3) is 0.643. The Kier molecular flexibility index (Phi) is 3.96. The number of anilines is 1. The van der Waals surface area contributed by atoms with Gasteiger partial charge in [-0.1, -0.05) is 0 Å². The monoisotopic (exact) mass is 266 g/mol. The highest BCUT2D eigenvalue weighted by atomic mass is 16.4. The smallest absolute Gasteiger partial charge is 0.232 e. The molecule has 1 fully saturated rings. The number of aliphatic hydroxyl groups excluding tert-OH is 1. The Morgan fingerprint density at radius 2 is 2.16 bits per heavy atom. The van der Waals surface area contributed by atoms with E-state index in [1.165, 1.54) is 0 Å². The lowest BCUT2D eigenvalue weighted by Crippen LogP contribution is -2.48. The Hall–Kier alpha value is -1.33. The van der Waals surface area contributed by atoms with Crippen LogP contribution < -0.4 is 10.6 Å². The van der Waals surface area contributed by atoms with Crippen LogP contribution in [-0.2, 0) is 4.79 Å². The summed E-state index contributed by atoms with van der Waals surface area (Å²) in [7, 11) is 1.73. The van der Waals surface area contributed by atoms with Crippen molar-refractivity contribution in [2.45, 2.75) is 38.1 Å². The van der Waals surface area contributed by atoms with Crippen LogP contribution in [0.3, 0.4) is 0 Å². The molecule has 0 aliphatic heterocycles. The third-order valence-corrected chi connectivity index (χ3v) is 4.03. The Labute approximate surface area is 113 Å². The van der Waals surface area contributed by atoms with Crippen LogP contribution in [0.2, 0.25) is 0 Å². The molecule has 19 heavy (non-hydrogen) atoms. The summed E-state index contributed by atoms with van der Waals surface area (Å²) in [5.41, 5.74) is 5.51. The third kappa shape index (κ3) is 2.98. The minimum absolute atomic E-state index is 0.0128. The molecule has 1 aromatic rings. The second-order valence-corrected chi connectivity index (χ2v) is 5.58. The zero-order chi connectivity index (χ0) is 14.0. The first-order chi connectivity index (χ1) is 8.95. The summed E-state index contributed by atoms with van der Waals surface area (Å²) in [6, 6.07) is 3.65. The molecule has 0 aromatic carbocycles. The highest BCUT2D eigenvalue weighted by Gasteiger charge is 2.35. The Bertz CT molecular complexity index is 447. The summed E-state index contributed by atoms with van der Waals surface area (Å²) in [5.74, 6) is 1.40. The largest absolute Gasteiger partial charge is 0.445 e. The van der Waals surface area contributed by atoms with E-state index in [2.05, 4.69) is 0 Å². The lowest BCUT2D eigenvalue weighted by Gasteiger charge is -2.36. The van der Waals surface area contributed by atoms with Crippen molar-refractivity contribution in [2.75, 3.05) is 18.6 Å². The molecule has 2 rings (SSSR count). The van der Waals surface area contributed by atoms with Crippen molar-refractivity contribution in [3.05, 3.63) is 17.9 Å². The number of amides is 1. The molecule has 1 aliphatic rings. The topological polar surface area (TPSA) is 79.7 Å². The van der Waals surface area contributed by atoms with E-state index in [-0.39, 0.29) is 18.4 Å². The van der Waals surface area contributed by atoms with Crippen molar-refractivity contribution >= 4 is 11.8 Å². The molecule has 106 valence electrons. The number of aryl methyl sites for hydroxylation is 1. The molecule has 0 saturated heterocycles. The Morgan fingerprint density at radius 3 is 2.63 bits per heavy atom. The van der Waals surface area contributed by atoms with Crippen molar-refractivity contribution < 1.29 is 14.3 Å². The predicted molar refractivity (Wildman–Crippen MR) is 72.8 cm³/mol. The summed E-state index contributed by atoms with van der Waals surface area (Å²) in [6.45, 7) is 1.84. The molecule has 0 spiro atoms. The van der Waals surface area contributed by atoms with Crippen LogP contribution in [0.15, 0.2) is 16.5 Å². The molecule has 0 bridgehead atoms. The predicted octanol–water partition coefficient (Wildman–Crippen LogP) is 1.43. The van der Waals surface area contributed by atoms with Crippen LogP contribution in [0, 0.1) is 12.8 Å². The first-order valence-corrected chi connectivity index (χ1v) is 6.69. The molecule has 0 atom stereocenters. The zero-order valence-corrected chi connectivity index (χ0v) is 11.6. The van der Waals surface area contributed by atoms with Crippen molar-refractivity contribution in [3.8, 4) is 0 Å². The van der Waals surface area contributed by atoms with Gasteiger partial charge in [-0.05, 0) is 38.7 Å². The van der Waals surface area contributed by atoms with E-state index in [4.69, 9.17) is 10.2 Å². The highest BCUT2D eigenvalue weighted by Crippen LogP contribution is 2.32. The van der Waals surface area contributed by atoms with Gasteiger partial charge >= 0.3 is 0 Å². The van der Waals surface area contributed by atoms with Crippen LogP contribution >= 0.6 is 0 Å². The number of nitrogens with zero attached hydrogens (tertiary/aromatic N) is 1. The van der Waals surface area contributed by atoms with Gasteiger partial charge in [0.25, 0.3) is 0 Å².